The molecular formula is C27H37FN6O2. The number of benzene rings is 1. The highest BCUT2D eigenvalue weighted by Crippen LogP contribution is 2.31. The maximum atomic E-state index is 14.2. The lowest BCUT2D eigenvalue weighted by molar-refractivity contribution is -0.121. The van der Waals surface area contributed by atoms with Gasteiger partial charge in [-0.05, 0) is 63.1 Å². The van der Waals surface area contributed by atoms with Crippen LogP contribution in [0.2, 0.25) is 0 Å². The van der Waals surface area contributed by atoms with E-state index in [1.54, 1.807) is 17.9 Å². The zero-order valence-electron chi connectivity index (χ0n) is 22.2. The van der Waals surface area contributed by atoms with E-state index in [0.717, 1.165) is 71.8 Å². The number of rotatable bonds is 8. The SMILES string of the molecule is CCN1CCN(c2ccc(F)cc2C(C)NC(=O)CCc2c(C)nc3c(c(OC)nn3C)c2C)CC1. The van der Waals surface area contributed by atoms with E-state index in [1.807, 2.05) is 33.9 Å². The number of carbonyl (C=O) groups excluding carboxylic acids is 1. The van der Waals surface area contributed by atoms with Gasteiger partial charge in [-0.2, -0.15) is 0 Å². The Kier molecular flexibility index (Phi) is 7.78. The number of amides is 1. The standard InChI is InChI=1S/C27H37FN6O2/c1-7-33-12-14-34(15-13-33)23-10-8-20(28)16-22(23)19(4)29-24(35)11-9-21-17(2)25-26(30-18(21)3)32(5)31-27(25)36-6/h8,10,16,19H,7,9,11-15H2,1-6H3,(H,29,35). The zero-order valence-corrected chi connectivity index (χ0v) is 22.2. The molecule has 1 aromatic carbocycles. The van der Waals surface area contributed by atoms with Crippen molar-refractivity contribution < 1.29 is 13.9 Å². The van der Waals surface area contributed by atoms with Crippen molar-refractivity contribution in [3.05, 3.63) is 46.4 Å². The van der Waals surface area contributed by atoms with Crippen molar-refractivity contribution in [2.75, 3.05) is 44.7 Å². The molecule has 3 heterocycles. The number of nitrogens with one attached hydrogen (secondary N) is 1. The Labute approximate surface area is 212 Å². The fourth-order valence-electron chi connectivity index (χ4n) is 5.20. The molecule has 194 valence electrons. The summed E-state index contributed by atoms with van der Waals surface area (Å²) in [4.78, 5) is 22.4. The first-order chi connectivity index (χ1) is 17.2. The van der Waals surface area contributed by atoms with E-state index in [1.165, 1.54) is 6.07 Å². The highest BCUT2D eigenvalue weighted by molar-refractivity contribution is 5.86. The van der Waals surface area contributed by atoms with Gasteiger partial charge in [0.2, 0.25) is 11.8 Å². The van der Waals surface area contributed by atoms with E-state index in [4.69, 9.17) is 9.72 Å². The number of piperazine rings is 1. The Morgan fingerprint density at radius 1 is 1.22 bits per heavy atom. The fraction of sp³-hybridized carbons (Fsp3) is 0.519. The van der Waals surface area contributed by atoms with Gasteiger partial charge >= 0.3 is 0 Å². The maximum Gasteiger partial charge on any atom is 0.242 e. The number of halogens is 1. The number of likely N-dealkylation sites (N-methyl/N-ethyl adjacent to an activating group) is 1. The van der Waals surface area contributed by atoms with Crippen molar-refractivity contribution >= 4 is 22.6 Å². The number of ether oxygens (including phenoxy) is 1. The summed E-state index contributed by atoms with van der Waals surface area (Å²) in [6.45, 7) is 12.8. The third-order valence-electron chi connectivity index (χ3n) is 7.31. The molecule has 0 radical (unpaired) electrons. The van der Waals surface area contributed by atoms with Gasteiger partial charge < -0.3 is 19.9 Å². The first-order valence-electron chi connectivity index (χ1n) is 12.7. The molecule has 4 rings (SSSR count). The summed E-state index contributed by atoms with van der Waals surface area (Å²) >= 11 is 0. The van der Waals surface area contributed by atoms with Crippen LogP contribution in [0.25, 0.3) is 11.0 Å². The third kappa shape index (κ3) is 5.16. The molecule has 0 aliphatic carbocycles. The fourth-order valence-corrected chi connectivity index (χ4v) is 5.20. The van der Waals surface area contributed by atoms with Crippen LogP contribution in [-0.2, 0) is 18.3 Å². The first-order valence-corrected chi connectivity index (χ1v) is 12.7. The van der Waals surface area contributed by atoms with Gasteiger partial charge in [0.05, 0.1) is 18.5 Å². The molecule has 1 atom stereocenters. The number of aryl methyl sites for hydroxylation is 3. The lowest BCUT2D eigenvalue weighted by atomic mass is 9.99. The van der Waals surface area contributed by atoms with Gasteiger partial charge in [0.25, 0.3) is 0 Å². The van der Waals surface area contributed by atoms with Crippen molar-refractivity contribution in [1.82, 2.24) is 25.0 Å². The minimum Gasteiger partial charge on any atom is -0.479 e. The predicted molar refractivity (Wildman–Crippen MR) is 140 cm³/mol. The molecule has 0 saturated carbocycles. The van der Waals surface area contributed by atoms with Crippen molar-refractivity contribution in [2.45, 2.75) is 46.6 Å². The van der Waals surface area contributed by atoms with E-state index in [2.05, 4.69) is 27.1 Å². The lowest BCUT2D eigenvalue weighted by Crippen LogP contribution is -2.46. The Bertz CT molecular complexity index is 1250. The number of methoxy groups -OCH3 is 1. The normalized spacial score (nSPS) is 15.4. The molecular weight excluding hydrogens is 459 g/mol. The van der Waals surface area contributed by atoms with Crippen molar-refractivity contribution in [1.29, 1.82) is 0 Å². The Morgan fingerprint density at radius 3 is 2.61 bits per heavy atom. The number of hydrogen-bond donors (Lipinski definition) is 1. The van der Waals surface area contributed by atoms with Gasteiger partial charge in [0.15, 0.2) is 5.65 Å². The second-order valence-electron chi connectivity index (χ2n) is 9.55. The number of anilines is 1. The number of hydrogen-bond acceptors (Lipinski definition) is 6. The first kappa shape index (κ1) is 25.9. The number of carbonyl (C=O) groups is 1. The van der Waals surface area contributed by atoms with E-state index < -0.39 is 0 Å². The Balaban J connectivity index is 1.47. The van der Waals surface area contributed by atoms with Gasteiger partial charge in [-0.25, -0.2) is 14.1 Å². The van der Waals surface area contributed by atoms with Crippen LogP contribution in [0.15, 0.2) is 18.2 Å². The summed E-state index contributed by atoms with van der Waals surface area (Å²) < 4.78 is 21.4. The molecule has 1 fully saturated rings. The van der Waals surface area contributed by atoms with Gasteiger partial charge in [-0.3, -0.25) is 4.79 Å². The smallest absolute Gasteiger partial charge is 0.242 e. The van der Waals surface area contributed by atoms with Crippen LogP contribution < -0.4 is 15.0 Å². The predicted octanol–water partition coefficient (Wildman–Crippen LogP) is 3.68. The average molecular weight is 497 g/mol. The molecule has 3 aromatic rings. The molecule has 9 heteroatoms. The Morgan fingerprint density at radius 2 is 1.94 bits per heavy atom. The molecule has 2 aromatic heterocycles. The van der Waals surface area contributed by atoms with Crippen molar-refractivity contribution in [2.24, 2.45) is 7.05 Å². The summed E-state index contributed by atoms with van der Waals surface area (Å²) in [7, 11) is 3.44. The molecule has 1 aliphatic rings. The molecule has 1 aliphatic heterocycles. The van der Waals surface area contributed by atoms with Crippen molar-refractivity contribution in [3.63, 3.8) is 0 Å². The van der Waals surface area contributed by atoms with Crippen LogP contribution in [0.4, 0.5) is 10.1 Å². The minimum atomic E-state index is -0.311. The summed E-state index contributed by atoms with van der Waals surface area (Å²) in [5.41, 5.74) is 5.50. The van der Waals surface area contributed by atoms with Gasteiger partial charge in [-0.15, -0.1) is 5.10 Å². The third-order valence-corrected chi connectivity index (χ3v) is 7.31. The van der Waals surface area contributed by atoms with E-state index in [9.17, 15) is 9.18 Å². The van der Waals surface area contributed by atoms with Crippen LogP contribution in [0, 0.1) is 19.7 Å². The molecule has 1 unspecified atom stereocenters. The van der Waals surface area contributed by atoms with E-state index in [-0.39, 0.29) is 17.8 Å². The summed E-state index contributed by atoms with van der Waals surface area (Å²) in [5.74, 6) is 0.166. The zero-order chi connectivity index (χ0) is 26.0. The lowest BCUT2D eigenvalue weighted by Gasteiger charge is -2.37. The van der Waals surface area contributed by atoms with Crippen LogP contribution >= 0.6 is 0 Å². The van der Waals surface area contributed by atoms with Crippen LogP contribution in [0.1, 0.15) is 48.7 Å². The summed E-state index contributed by atoms with van der Waals surface area (Å²) in [6, 6.07) is 4.58. The second kappa shape index (κ2) is 10.8. The molecule has 1 N–H and O–H groups in total. The topological polar surface area (TPSA) is 75.5 Å². The quantitative estimate of drug-likeness (QED) is 0.513. The number of pyridine rings is 1. The summed E-state index contributed by atoms with van der Waals surface area (Å²) in [6.07, 6.45) is 0.855. The molecule has 36 heavy (non-hydrogen) atoms. The van der Waals surface area contributed by atoms with Gasteiger partial charge in [0.1, 0.15) is 5.82 Å². The number of nitrogens with zero attached hydrogens (tertiary/aromatic N) is 5. The molecule has 8 nitrogen and oxygen atoms in total. The molecule has 0 bridgehead atoms. The monoisotopic (exact) mass is 496 g/mol. The number of aromatic nitrogens is 3. The van der Waals surface area contributed by atoms with Crippen LogP contribution in [-0.4, -0.2) is 65.4 Å². The van der Waals surface area contributed by atoms with Crippen LogP contribution in [0.3, 0.4) is 0 Å². The highest BCUT2D eigenvalue weighted by Gasteiger charge is 2.23. The maximum absolute atomic E-state index is 14.2. The minimum absolute atomic E-state index is 0.0782. The van der Waals surface area contributed by atoms with Gasteiger partial charge in [-0.1, -0.05) is 6.92 Å². The summed E-state index contributed by atoms with van der Waals surface area (Å²) in [5, 5.41) is 8.37. The molecule has 1 amide bonds. The second-order valence-corrected chi connectivity index (χ2v) is 9.55. The average Bonchev–Trinajstić information content (AvgIpc) is 3.19. The van der Waals surface area contributed by atoms with Gasteiger partial charge in [0, 0.05) is 56.6 Å². The number of fused-ring (bicyclic) bond motifs is 1. The molecule has 1 saturated heterocycles. The highest BCUT2D eigenvalue weighted by atomic mass is 19.1. The van der Waals surface area contributed by atoms with Crippen molar-refractivity contribution in [3.8, 4) is 5.88 Å². The molecule has 0 spiro atoms. The largest absolute Gasteiger partial charge is 0.479 e. The Hall–Kier alpha value is -3.20. The van der Waals surface area contributed by atoms with E-state index in [0.29, 0.717) is 18.7 Å². The van der Waals surface area contributed by atoms with Crippen LogP contribution in [0.5, 0.6) is 5.88 Å². The van der Waals surface area contributed by atoms with E-state index >= 15 is 0 Å².